The van der Waals surface area contributed by atoms with Crippen LogP contribution >= 0.6 is 11.6 Å². The second kappa shape index (κ2) is 6.32. The van der Waals surface area contributed by atoms with Crippen LogP contribution in [0.4, 0.5) is 11.4 Å². The van der Waals surface area contributed by atoms with Gasteiger partial charge in [0.15, 0.2) is 0 Å². The number of nitrogens with zero attached hydrogens (tertiary/aromatic N) is 1. The Balaban J connectivity index is 1.86. The largest absolute Gasteiger partial charge is 0.397 e. The number of carbonyl (C=O) groups excluding carboxylic acids is 1. The van der Waals surface area contributed by atoms with Crippen molar-refractivity contribution < 1.29 is 4.79 Å². The third-order valence-electron chi connectivity index (χ3n) is 3.91. The average molecular weight is 313 g/mol. The molecule has 0 heterocycles. The first-order valence-corrected chi connectivity index (χ1v) is 7.68. The van der Waals surface area contributed by atoms with Crippen molar-refractivity contribution in [2.45, 2.75) is 25.2 Å². The summed E-state index contributed by atoms with van der Waals surface area (Å²) in [5.74, 6) is 0.390. The van der Waals surface area contributed by atoms with E-state index in [1.165, 1.54) is 0 Å². The summed E-state index contributed by atoms with van der Waals surface area (Å²) in [4.78, 5) is 16.7. The van der Waals surface area contributed by atoms with Crippen LogP contribution in [0.5, 0.6) is 0 Å². The van der Waals surface area contributed by atoms with Gasteiger partial charge in [0.2, 0.25) is 0 Å². The predicted molar refractivity (Wildman–Crippen MR) is 91.0 cm³/mol. The lowest BCUT2D eigenvalue weighted by molar-refractivity contribution is -0.118. The molecule has 0 radical (unpaired) electrons. The highest BCUT2D eigenvalue weighted by Gasteiger charge is 2.25. The molecule has 0 aromatic heterocycles. The summed E-state index contributed by atoms with van der Waals surface area (Å²) in [5.41, 5.74) is 9.33. The van der Waals surface area contributed by atoms with Gasteiger partial charge in [0.05, 0.1) is 11.4 Å². The number of halogens is 1. The smallest absolute Gasteiger partial charge is 0.139 e. The molecule has 1 aliphatic carbocycles. The lowest BCUT2D eigenvalue weighted by Crippen LogP contribution is -2.21. The number of aliphatic imine (C=N–C) groups is 1. The molecule has 0 amide bonds. The van der Waals surface area contributed by atoms with E-state index in [2.05, 4.69) is 4.99 Å². The SMILES string of the molecule is Nc1ccccc1N=C1CC(=O)CC(c2ccc(Cl)cc2)C1. The Bertz CT molecular complexity index is 722. The molecule has 1 fully saturated rings. The molecule has 0 saturated heterocycles. The van der Waals surface area contributed by atoms with E-state index in [9.17, 15) is 4.79 Å². The van der Waals surface area contributed by atoms with Gasteiger partial charge in [-0.2, -0.15) is 0 Å². The molecule has 22 heavy (non-hydrogen) atoms. The van der Waals surface area contributed by atoms with Crippen molar-refractivity contribution in [2.24, 2.45) is 4.99 Å². The van der Waals surface area contributed by atoms with Crippen molar-refractivity contribution in [2.75, 3.05) is 5.73 Å². The van der Waals surface area contributed by atoms with Crippen LogP contribution < -0.4 is 5.73 Å². The van der Waals surface area contributed by atoms with E-state index < -0.39 is 0 Å². The lowest BCUT2D eigenvalue weighted by atomic mass is 9.82. The monoisotopic (exact) mass is 312 g/mol. The van der Waals surface area contributed by atoms with Gasteiger partial charge in [-0.1, -0.05) is 35.9 Å². The van der Waals surface area contributed by atoms with Crippen LogP contribution in [0.3, 0.4) is 0 Å². The standard InChI is InChI=1S/C18H17ClN2O/c19-14-7-5-12(6-8-14)13-9-15(11-16(22)10-13)21-18-4-2-1-3-17(18)20/h1-8,13H,9-11,20H2. The second-order valence-electron chi connectivity index (χ2n) is 5.61. The molecule has 3 rings (SSSR count). The Morgan fingerprint density at radius 3 is 2.50 bits per heavy atom. The normalized spacial score (nSPS) is 20.3. The first kappa shape index (κ1) is 14.8. The maximum Gasteiger partial charge on any atom is 0.139 e. The molecular formula is C18H17ClN2O. The minimum atomic E-state index is 0.169. The first-order chi connectivity index (χ1) is 10.6. The van der Waals surface area contributed by atoms with Gasteiger partial charge in [-0.05, 0) is 42.2 Å². The van der Waals surface area contributed by atoms with E-state index in [1.54, 1.807) is 0 Å². The molecule has 1 aliphatic rings. The molecule has 1 atom stereocenters. The van der Waals surface area contributed by atoms with Crippen molar-refractivity contribution in [1.29, 1.82) is 0 Å². The van der Waals surface area contributed by atoms with E-state index in [-0.39, 0.29) is 11.7 Å². The molecule has 2 aromatic carbocycles. The number of rotatable bonds is 2. The number of para-hydroxylation sites is 2. The summed E-state index contributed by atoms with van der Waals surface area (Å²) in [5, 5.41) is 0.705. The van der Waals surface area contributed by atoms with Crippen molar-refractivity contribution >= 4 is 34.5 Å². The van der Waals surface area contributed by atoms with E-state index in [0.717, 1.165) is 23.4 Å². The molecule has 112 valence electrons. The Morgan fingerprint density at radius 2 is 1.77 bits per heavy atom. The van der Waals surface area contributed by atoms with Crippen LogP contribution in [-0.2, 0) is 4.79 Å². The molecule has 1 unspecified atom stereocenters. The summed E-state index contributed by atoms with van der Waals surface area (Å²) < 4.78 is 0. The molecule has 2 N–H and O–H groups in total. The average Bonchev–Trinajstić information content (AvgIpc) is 2.50. The van der Waals surface area contributed by atoms with Gasteiger partial charge in [-0.25, -0.2) is 0 Å². The number of nitrogens with two attached hydrogens (primary N) is 1. The van der Waals surface area contributed by atoms with Crippen LogP contribution in [-0.4, -0.2) is 11.5 Å². The zero-order valence-corrected chi connectivity index (χ0v) is 12.9. The predicted octanol–water partition coefficient (Wildman–Crippen LogP) is 4.53. The van der Waals surface area contributed by atoms with Gasteiger partial charge in [0.1, 0.15) is 5.78 Å². The highest BCUT2D eigenvalue weighted by atomic mass is 35.5. The van der Waals surface area contributed by atoms with Crippen LogP contribution in [0.15, 0.2) is 53.5 Å². The topological polar surface area (TPSA) is 55.4 Å². The fraction of sp³-hybridized carbons (Fsp3) is 0.222. The maximum atomic E-state index is 12.1. The Kier molecular flexibility index (Phi) is 4.25. The molecule has 1 saturated carbocycles. The summed E-state index contributed by atoms with van der Waals surface area (Å²) in [7, 11) is 0. The Hall–Kier alpha value is -2.13. The van der Waals surface area contributed by atoms with Crippen LogP contribution in [0.1, 0.15) is 30.7 Å². The zero-order valence-electron chi connectivity index (χ0n) is 12.1. The molecule has 0 bridgehead atoms. The third-order valence-corrected chi connectivity index (χ3v) is 4.17. The van der Waals surface area contributed by atoms with Gasteiger partial charge >= 0.3 is 0 Å². The number of hydrogen-bond donors (Lipinski definition) is 1. The molecular weight excluding hydrogens is 296 g/mol. The number of Topliss-reactive ketones (excluding diaryl/α,β-unsaturated/α-hetero) is 1. The number of hydrogen-bond acceptors (Lipinski definition) is 3. The Morgan fingerprint density at radius 1 is 1.05 bits per heavy atom. The third kappa shape index (κ3) is 3.37. The molecule has 4 heteroatoms. The van der Waals surface area contributed by atoms with Crippen molar-refractivity contribution in [1.82, 2.24) is 0 Å². The summed E-state index contributed by atoms with van der Waals surface area (Å²) >= 11 is 5.93. The fourth-order valence-corrected chi connectivity index (χ4v) is 2.94. The fourth-order valence-electron chi connectivity index (χ4n) is 2.82. The van der Waals surface area contributed by atoms with Crippen molar-refractivity contribution in [3.8, 4) is 0 Å². The lowest BCUT2D eigenvalue weighted by Gasteiger charge is -2.23. The summed E-state index contributed by atoms with van der Waals surface area (Å²) in [6.07, 6.45) is 1.76. The van der Waals surface area contributed by atoms with Crippen LogP contribution in [0.2, 0.25) is 5.02 Å². The number of anilines is 1. The van der Waals surface area contributed by atoms with E-state index in [0.29, 0.717) is 23.6 Å². The van der Waals surface area contributed by atoms with Gasteiger partial charge < -0.3 is 5.73 Å². The minimum absolute atomic E-state index is 0.169. The molecule has 0 aliphatic heterocycles. The highest BCUT2D eigenvalue weighted by Crippen LogP contribution is 2.32. The van der Waals surface area contributed by atoms with Crippen molar-refractivity contribution in [3.05, 3.63) is 59.1 Å². The minimum Gasteiger partial charge on any atom is -0.397 e. The zero-order chi connectivity index (χ0) is 15.5. The first-order valence-electron chi connectivity index (χ1n) is 7.30. The number of benzene rings is 2. The number of ketones is 1. The number of nitrogen functional groups attached to an aromatic ring is 1. The van der Waals surface area contributed by atoms with Gasteiger partial charge in [0, 0.05) is 23.6 Å². The van der Waals surface area contributed by atoms with Gasteiger partial charge in [0.25, 0.3) is 0 Å². The summed E-state index contributed by atoms with van der Waals surface area (Å²) in [6.45, 7) is 0. The van der Waals surface area contributed by atoms with Gasteiger partial charge in [-0.3, -0.25) is 9.79 Å². The Labute approximate surface area is 134 Å². The molecule has 0 spiro atoms. The van der Waals surface area contributed by atoms with E-state index >= 15 is 0 Å². The quantitative estimate of drug-likeness (QED) is 0.828. The molecule has 2 aromatic rings. The van der Waals surface area contributed by atoms with E-state index in [4.69, 9.17) is 17.3 Å². The van der Waals surface area contributed by atoms with Crippen LogP contribution in [0.25, 0.3) is 0 Å². The summed E-state index contributed by atoms with van der Waals surface area (Å²) in [6, 6.07) is 15.2. The molecule has 3 nitrogen and oxygen atoms in total. The maximum absolute atomic E-state index is 12.1. The van der Waals surface area contributed by atoms with E-state index in [1.807, 2.05) is 48.5 Å². The van der Waals surface area contributed by atoms with Crippen LogP contribution in [0, 0.1) is 0 Å². The second-order valence-corrected chi connectivity index (χ2v) is 6.05. The van der Waals surface area contributed by atoms with Crippen molar-refractivity contribution in [3.63, 3.8) is 0 Å². The highest BCUT2D eigenvalue weighted by molar-refractivity contribution is 6.30. The van der Waals surface area contributed by atoms with Gasteiger partial charge in [-0.15, -0.1) is 0 Å². The number of carbonyl (C=O) groups is 1.